The lowest BCUT2D eigenvalue weighted by Crippen LogP contribution is -1.94. The molecule has 0 spiro atoms. The van der Waals surface area contributed by atoms with Crippen molar-refractivity contribution in [3.63, 3.8) is 0 Å². The molecule has 3 N–H and O–H groups in total. The first-order chi connectivity index (χ1) is 5.33. The van der Waals surface area contributed by atoms with Crippen LogP contribution in [0.15, 0.2) is 12.1 Å². The smallest absolute Gasteiger partial charge is 0.286 e. The summed E-state index contributed by atoms with van der Waals surface area (Å²) in [6, 6.07) is 3.65. The van der Waals surface area contributed by atoms with Gasteiger partial charge in [-0.2, -0.15) is 5.26 Å². The Hall–Kier alpha value is -1.63. The van der Waals surface area contributed by atoms with Gasteiger partial charge in [0.15, 0.2) is 0 Å². The molecule has 0 atom stereocenters. The van der Waals surface area contributed by atoms with Crippen molar-refractivity contribution in [1.29, 1.82) is 5.26 Å². The molecule has 1 heterocycles. The molecule has 0 bridgehead atoms. The fourth-order valence-corrected chi connectivity index (χ4v) is 0.812. The van der Waals surface area contributed by atoms with Crippen molar-refractivity contribution < 1.29 is 4.74 Å². The van der Waals surface area contributed by atoms with E-state index in [4.69, 9.17) is 11.0 Å². The van der Waals surface area contributed by atoms with Gasteiger partial charge in [-0.1, -0.05) is 0 Å². The average molecular weight is 151 g/mol. The van der Waals surface area contributed by atoms with Crippen LogP contribution in [0.2, 0.25) is 0 Å². The summed E-state index contributed by atoms with van der Waals surface area (Å²) in [5.41, 5.74) is 6.41. The number of rotatable bonds is 3. The summed E-state index contributed by atoms with van der Waals surface area (Å²) in [4.78, 5) is 2.92. The lowest BCUT2D eigenvalue weighted by molar-refractivity contribution is 0.273. The van der Waals surface area contributed by atoms with Crippen LogP contribution in [0.5, 0.6) is 0 Å². The molecule has 0 aliphatic heterocycles. The monoisotopic (exact) mass is 151 g/mol. The van der Waals surface area contributed by atoms with Gasteiger partial charge in [-0.05, 0) is 12.1 Å². The molecule has 1 aromatic rings. The molecular weight excluding hydrogens is 142 g/mol. The normalized spacial score (nSPS) is 9.00. The first-order valence-electron chi connectivity index (χ1n) is 3.27. The quantitative estimate of drug-likeness (QED) is 0.491. The lowest BCUT2D eigenvalue weighted by atomic mass is 10.3. The number of nitrogens with zero attached hydrogens (tertiary/aromatic N) is 1. The number of aromatic nitrogens is 1. The lowest BCUT2D eigenvalue weighted by Gasteiger charge is -1.93. The zero-order valence-corrected chi connectivity index (χ0v) is 6.00. The Morgan fingerprint density at radius 2 is 2.45 bits per heavy atom. The number of nitriles is 1. The number of ether oxygens (including phenoxy) is 1. The predicted octanol–water partition coefficient (Wildman–Crippen LogP) is 0.637. The van der Waals surface area contributed by atoms with Crippen LogP contribution in [0, 0.1) is 11.5 Å². The highest BCUT2D eigenvalue weighted by atomic mass is 16.5. The molecule has 0 aromatic carbocycles. The Balaban J connectivity index is 2.34. The van der Waals surface area contributed by atoms with Crippen LogP contribution in [-0.2, 0) is 11.2 Å². The summed E-state index contributed by atoms with van der Waals surface area (Å²) in [6.45, 7) is 0.399. The van der Waals surface area contributed by atoms with Gasteiger partial charge in [0.25, 0.3) is 6.26 Å². The minimum absolute atomic E-state index is 0.399. The maximum absolute atomic E-state index is 8.04. The second kappa shape index (κ2) is 3.52. The van der Waals surface area contributed by atoms with E-state index >= 15 is 0 Å². The second-order valence-corrected chi connectivity index (χ2v) is 2.13. The van der Waals surface area contributed by atoms with Gasteiger partial charge in [-0.25, -0.2) is 0 Å². The van der Waals surface area contributed by atoms with Crippen molar-refractivity contribution in [1.82, 2.24) is 4.98 Å². The molecule has 58 valence electrons. The van der Waals surface area contributed by atoms with Crippen LogP contribution < -0.4 is 5.73 Å². The zero-order valence-electron chi connectivity index (χ0n) is 6.00. The third-order valence-corrected chi connectivity index (χ3v) is 1.31. The highest BCUT2D eigenvalue weighted by Gasteiger charge is 1.94. The summed E-state index contributed by atoms with van der Waals surface area (Å²) < 4.78 is 4.49. The molecule has 0 aliphatic rings. The van der Waals surface area contributed by atoms with E-state index in [1.54, 1.807) is 12.3 Å². The molecule has 4 heteroatoms. The van der Waals surface area contributed by atoms with Crippen LogP contribution in [-0.4, -0.2) is 11.6 Å². The zero-order chi connectivity index (χ0) is 8.10. The molecule has 0 amide bonds. The van der Waals surface area contributed by atoms with E-state index in [1.165, 1.54) is 0 Å². The summed E-state index contributed by atoms with van der Waals surface area (Å²) in [5.74, 6) is 0.636. The molecule has 0 unspecified atom stereocenters. The molecule has 1 rings (SSSR count). The maximum Gasteiger partial charge on any atom is 0.286 e. The van der Waals surface area contributed by atoms with Gasteiger partial charge in [-0.3, -0.25) is 0 Å². The molecule has 0 aliphatic carbocycles. The summed E-state index contributed by atoms with van der Waals surface area (Å²) >= 11 is 0. The molecule has 11 heavy (non-hydrogen) atoms. The van der Waals surface area contributed by atoms with Crippen LogP contribution in [0.4, 0.5) is 5.82 Å². The topological polar surface area (TPSA) is 74.8 Å². The van der Waals surface area contributed by atoms with Crippen molar-refractivity contribution in [2.75, 3.05) is 12.3 Å². The molecule has 1 aromatic heterocycles. The molecule has 0 saturated heterocycles. The van der Waals surface area contributed by atoms with Gasteiger partial charge >= 0.3 is 0 Å². The Morgan fingerprint density at radius 3 is 3.00 bits per heavy atom. The number of nitrogen functional groups attached to an aromatic ring is 1. The standard InChI is InChI=1S/C7H9N3O/c8-5-11-4-3-6-1-2-7(9)10-6/h1-2,10H,3-4,9H2. The van der Waals surface area contributed by atoms with Crippen LogP contribution in [0.3, 0.4) is 0 Å². The fourth-order valence-electron chi connectivity index (χ4n) is 0.812. The number of hydrogen-bond donors (Lipinski definition) is 2. The minimum Gasteiger partial charge on any atom is -0.427 e. The Morgan fingerprint density at radius 1 is 1.64 bits per heavy atom. The second-order valence-electron chi connectivity index (χ2n) is 2.13. The van der Waals surface area contributed by atoms with E-state index in [2.05, 4.69) is 9.72 Å². The first kappa shape index (κ1) is 7.48. The average Bonchev–Trinajstić information content (AvgIpc) is 2.37. The number of nitrogens with two attached hydrogens (primary N) is 1. The Bertz CT molecular complexity index is 261. The fraction of sp³-hybridized carbons (Fsp3) is 0.286. The van der Waals surface area contributed by atoms with E-state index in [0.29, 0.717) is 18.8 Å². The third kappa shape index (κ3) is 2.22. The summed E-state index contributed by atoms with van der Waals surface area (Å²) in [5, 5.41) is 8.04. The molecule has 0 saturated carbocycles. The minimum atomic E-state index is 0.399. The number of hydrogen-bond acceptors (Lipinski definition) is 3. The highest BCUT2D eigenvalue weighted by Crippen LogP contribution is 2.02. The third-order valence-electron chi connectivity index (χ3n) is 1.31. The molecule has 0 fully saturated rings. The molecule has 4 nitrogen and oxygen atoms in total. The van der Waals surface area contributed by atoms with Gasteiger partial charge in [0.05, 0.1) is 0 Å². The number of anilines is 1. The largest absolute Gasteiger partial charge is 0.427 e. The van der Waals surface area contributed by atoms with E-state index < -0.39 is 0 Å². The summed E-state index contributed by atoms with van der Waals surface area (Å²) in [7, 11) is 0. The van der Waals surface area contributed by atoms with E-state index in [1.807, 2.05) is 6.07 Å². The Labute approximate surface area is 64.6 Å². The predicted molar refractivity (Wildman–Crippen MR) is 40.5 cm³/mol. The van der Waals surface area contributed by atoms with Gasteiger partial charge in [0.1, 0.15) is 12.4 Å². The number of aromatic amines is 1. The van der Waals surface area contributed by atoms with E-state index in [0.717, 1.165) is 5.69 Å². The van der Waals surface area contributed by atoms with Crippen LogP contribution in [0.25, 0.3) is 0 Å². The van der Waals surface area contributed by atoms with Gasteiger partial charge < -0.3 is 15.5 Å². The van der Waals surface area contributed by atoms with E-state index in [9.17, 15) is 0 Å². The van der Waals surface area contributed by atoms with Gasteiger partial charge in [0, 0.05) is 12.1 Å². The molecule has 0 radical (unpaired) electrons. The highest BCUT2D eigenvalue weighted by molar-refractivity contribution is 5.31. The first-order valence-corrected chi connectivity index (χ1v) is 3.27. The van der Waals surface area contributed by atoms with Crippen LogP contribution >= 0.6 is 0 Å². The number of H-pyrrole nitrogens is 1. The SMILES string of the molecule is N#COCCc1ccc(N)[nH]1. The van der Waals surface area contributed by atoms with Gasteiger partial charge in [-0.15, -0.1) is 0 Å². The van der Waals surface area contributed by atoms with Gasteiger partial charge in [0.2, 0.25) is 0 Å². The summed E-state index contributed by atoms with van der Waals surface area (Å²) in [6.07, 6.45) is 2.28. The number of nitrogens with one attached hydrogen (secondary N) is 1. The van der Waals surface area contributed by atoms with Crippen molar-refractivity contribution in [3.05, 3.63) is 17.8 Å². The molecular formula is C7H9N3O. The van der Waals surface area contributed by atoms with Crippen molar-refractivity contribution in [2.45, 2.75) is 6.42 Å². The van der Waals surface area contributed by atoms with Crippen molar-refractivity contribution in [2.24, 2.45) is 0 Å². The van der Waals surface area contributed by atoms with E-state index in [-0.39, 0.29) is 0 Å². The van der Waals surface area contributed by atoms with Crippen molar-refractivity contribution in [3.8, 4) is 6.26 Å². The Kier molecular flexibility index (Phi) is 2.39. The maximum atomic E-state index is 8.04. The van der Waals surface area contributed by atoms with Crippen LogP contribution in [0.1, 0.15) is 5.69 Å². The van der Waals surface area contributed by atoms with Crippen molar-refractivity contribution >= 4 is 5.82 Å².